The number of ether oxygens (including phenoxy) is 1. The average molecular weight is 283 g/mol. The summed E-state index contributed by atoms with van der Waals surface area (Å²) in [5.41, 5.74) is 0.870. The normalized spacial score (nSPS) is 9.71. The lowest BCUT2D eigenvalue weighted by Gasteiger charge is -2.07. The van der Waals surface area contributed by atoms with Crippen molar-refractivity contribution in [2.45, 2.75) is 0 Å². The van der Waals surface area contributed by atoms with Crippen molar-refractivity contribution in [2.24, 2.45) is 0 Å². The van der Waals surface area contributed by atoms with Crippen LogP contribution in [0.5, 0.6) is 11.6 Å². The highest BCUT2D eigenvalue weighted by Crippen LogP contribution is 2.20. The maximum Gasteiger partial charge on any atom is 0.251 e. The Balaban J connectivity index is 2.10. The number of pyridine rings is 1. The number of rotatable bonds is 5. The van der Waals surface area contributed by atoms with Gasteiger partial charge in [0.1, 0.15) is 11.8 Å². The van der Waals surface area contributed by atoms with E-state index < -0.39 is 0 Å². The number of hydrogen-bond acceptors (Lipinski definition) is 5. The van der Waals surface area contributed by atoms with Crippen molar-refractivity contribution in [3.05, 3.63) is 53.7 Å². The third kappa shape index (κ3) is 4.03. The van der Waals surface area contributed by atoms with E-state index in [-0.39, 0.29) is 19.1 Å². The topological polar surface area (TPSA) is 95.2 Å². The van der Waals surface area contributed by atoms with Gasteiger partial charge in [-0.2, -0.15) is 5.26 Å². The maximum absolute atomic E-state index is 11.8. The van der Waals surface area contributed by atoms with E-state index in [4.69, 9.17) is 15.1 Å². The van der Waals surface area contributed by atoms with Crippen LogP contribution in [0.1, 0.15) is 15.9 Å². The largest absolute Gasteiger partial charge is 0.439 e. The van der Waals surface area contributed by atoms with Crippen LogP contribution in [-0.4, -0.2) is 29.1 Å². The van der Waals surface area contributed by atoms with Crippen LogP contribution in [0.4, 0.5) is 0 Å². The van der Waals surface area contributed by atoms with Crippen LogP contribution in [0.15, 0.2) is 42.6 Å². The summed E-state index contributed by atoms with van der Waals surface area (Å²) in [6, 6.07) is 11.8. The van der Waals surface area contributed by atoms with E-state index in [1.54, 1.807) is 36.4 Å². The van der Waals surface area contributed by atoms with Crippen LogP contribution in [0.25, 0.3) is 0 Å². The Labute approximate surface area is 121 Å². The van der Waals surface area contributed by atoms with Crippen molar-refractivity contribution in [1.29, 1.82) is 5.26 Å². The Morgan fingerprint density at radius 1 is 1.38 bits per heavy atom. The van der Waals surface area contributed by atoms with E-state index in [9.17, 15) is 4.79 Å². The van der Waals surface area contributed by atoms with Gasteiger partial charge in [0.2, 0.25) is 5.88 Å². The minimum absolute atomic E-state index is 0.114. The van der Waals surface area contributed by atoms with Gasteiger partial charge in [-0.05, 0) is 24.3 Å². The van der Waals surface area contributed by atoms with Gasteiger partial charge in [-0.15, -0.1) is 0 Å². The summed E-state index contributed by atoms with van der Waals surface area (Å²) < 4.78 is 5.52. The molecular formula is C15H13N3O3. The van der Waals surface area contributed by atoms with Gasteiger partial charge in [0.05, 0.1) is 12.2 Å². The Morgan fingerprint density at radius 2 is 2.24 bits per heavy atom. The third-order valence-electron chi connectivity index (χ3n) is 2.58. The molecule has 0 unspecified atom stereocenters. The highest BCUT2D eigenvalue weighted by molar-refractivity contribution is 5.94. The molecular weight excluding hydrogens is 270 g/mol. The van der Waals surface area contributed by atoms with Gasteiger partial charge in [-0.1, -0.05) is 6.07 Å². The Bertz CT molecular complexity index is 663. The molecule has 2 aromatic rings. The zero-order chi connectivity index (χ0) is 15.1. The average Bonchev–Trinajstić information content (AvgIpc) is 2.53. The lowest BCUT2D eigenvalue weighted by Crippen LogP contribution is -2.26. The molecule has 0 saturated heterocycles. The number of nitrogens with zero attached hydrogens (tertiary/aromatic N) is 2. The molecule has 2 rings (SSSR count). The molecule has 0 aliphatic rings. The molecule has 0 aliphatic heterocycles. The number of hydrogen-bond donors (Lipinski definition) is 2. The molecule has 0 atom stereocenters. The summed E-state index contributed by atoms with van der Waals surface area (Å²) >= 11 is 0. The predicted molar refractivity (Wildman–Crippen MR) is 74.9 cm³/mol. The molecule has 0 bridgehead atoms. The molecule has 0 radical (unpaired) electrons. The molecule has 0 aliphatic carbocycles. The zero-order valence-electron chi connectivity index (χ0n) is 11.1. The van der Waals surface area contributed by atoms with Crippen molar-refractivity contribution >= 4 is 5.91 Å². The van der Waals surface area contributed by atoms with Crippen molar-refractivity contribution in [3.8, 4) is 17.7 Å². The third-order valence-corrected chi connectivity index (χ3v) is 2.58. The molecule has 2 N–H and O–H groups in total. The van der Waals surface area contributed by atoms with E-state index in [0.29, 0.717) is 22.8 Å². The number of nitriles is 1. The van der Waals surface area contributed by atoms with Gasteiger partial charge in [-0.25, -0.2) is 4.98 Å². The monoisotopic (exact) mass is 283 g/mol. The molecule has 6 heteroatoms. The fraction of sp³-hybridized carbons (Fsp3) is 0.133. The van der Waals surface area contributed by atoms with Gasteiger partial charge in [0, 0.05) is 24.4 Å². The van der Waals surface area contributed by atoms with Gasteiger partial charge in [0.15, 0.2) is 0 Å². The molecule has 1 aromatic heterocycles. The SMILES string of the molecule is N#Cc1ccc(Oc2cccc(C(=O)NCCO)c2)nc1. The van der Waals surface area contributed by atoms with E-state index >= 15 is 0 Å². The lowest BCUT2D eigenvalue weighted by molar-refractivity contribution is 0.0944. The van der Waals surface area contributed by atoms with Crippen LogP contribution in [0.3, 0.4) is 0 Å². The summed E-state index contributed by atoms with van der Waals surface area (Å²) in [5.74, 6) is 0.507. The van der Waals surface area contributed by atoms with Crippen LogP contribution in [-0.2, 0) is 0 Å². The zero-order valence-corrected chi connectivity index (χ0v) is 11.1. The minimum atomic E-state index is -0.290. The Morgan fingerprint density at radius 3 is 2.90 bits per heavy atom. The van der Waals surface area contributed by atoms with E-state index in [1.165, 1.54) is 6.20 Å². The van der Waals surface area contributed by atoms with Crippen LogP contribution < -0.4 is 10.1 Å². The van der Waals surface area contributed by atoms with Crippen molar-refractivity contribution in [2.75, 3.05) is 13.2 Å². The van der Waals surface area contributed by atoms with Crippen molar-refractivity contribution < 1.29 is 14.6 Å². The molecule has 0 spiro atoms. The summed E-state index contributed by atoms with van der Waals surface area (Å²) in [7, 11) is 0. The van der Waals surface area contributed by atoms with Crippen LogP contribution in [0, 0.1) is 11.3 Å². The first-order valence-corrected chi connectivity index (χ1v) is 6.26. The van der Waals surface area contributed by atoms with Crippen molar-refractivity contribution in [1.82, 2.24) is 10.3 Å². The standard InChI is InChI=1S/C15H13N3O3/c16-9-11-4-5-14(18-10-11)21-13-3-1-2-12(8-13)15(20)17-6-7-19/h1-5,8,10,19H,6-7H2,(H,17,20). The van der Waals surface area contributed by atoms with E-state index in [0.717, 1.165) is 0 Å². The number of carbonyl (C=O) groups excluding carboxylic acids is 1. The fourth-order valence-electron chi connectivity index (χ4n) is 1.60. The first kappa shape index (κ1) is 14.5. The van der Waals surface area contributed by atoms with Gasteiger partial charge < -0.3 is 15.2 Å². The van der Waals surface area contributed by atoms with Gasteiger partial charge >= 0.3 is 0 Å². The summed E-state index contributed by atoms with van der Waals surface area (Å²) in [6.45, 7) is 0.0815. The number of benzene rings is 1. The number of amides is 1. The lowest BCUT2D eigenvalue weighted by atomic mass is 10.2. The number of nitrogens with one attached hydrogen (secondary N) is 1. The van der Waals surface area contributed by atoms with Crippen LogP contribution in [0.2, 0.25) is 0 Å². The van der Waals surface area contributed by atoms with Gasteiger partial charge in [-0.3, -0.25) is 4.79 Å². The minimum Gasteiger partial charge on any atom is -0.439 e. The maximum atomic E-state index is 11.8. The second kappa shape index (κ2) is 7.03. The molecule has 1 amide bonds. The molecule has 6 nitrogen and oxygen atoms in total. The molecule has 0 saturated carbocycles. The second-order valence-electron chi connectivity index (χ2n) is 4.11. The quantitative estimate of drug-likeness (QED) is 0.866. The molecule has 1 heterocycles. The fourth-order valence-corrected chi connectivity index (χ4v) is 1.60. The molecule has 21 heavy (non-hydrogen) atoms. The number of aliphatic hydroxyl groups is 1. The number of aliphatic hydroxyl groups excluding tert-OH is 1. The van der Waals surface area contributed by atoms with Crippen molar-refractivity contribution in [3.63, 3.8) is 0 Å². The number of carbonyl (C=O) groups is 1. The van der Waals surface area contributed by atoms with E-state index in [2.05, 4.69) is 10.3 Å². The molecule has 1 aromatic carbocycles. The Hall–Kier alpha value is -2.91. The first-order valence-electron chi connectivity index (χ1n) is 6.26. The highest BCUT2D eigenvalue weighted by atomic mass is 16.5. The summed E-state index contributed by atoms with van der Waals surface area (Å²) in [4.78, 5) is 15.8. The van der Waals surface area contributed by atoms with E-state index in [1.807, 2.05) is 6.07 Å². The number of aromatic nitrogens is 1. The summed E-state index contributed by atoms with van der Waals surface area (Å²) in [5, 5.41) is 19.9. The smallest absolute Gasteiger partial charge is 0.251 e. The summed E-state index contributed by atoms with van der Waals surface area (Å²) in [6.07, 6.45) is 1.41. The molecule has 0 fully saturated rings. The Kier molecular flexibility index (Phi) is 4.85. The first-order chi connectivity index (χ1) is 10.2. The van der Waals surface area contributed by atoms with Crippen LogP contribution >= 0.6 is 0 Å². The molecule has 106 valence electrons. The van der Waals surface area contributed by atoms with Gasteiger partial charge in [0.25, 0.3) is 5.91 Å². The highest BCUT2D eigenvalue weighted by Gasteiger charge is 2.07. The predicted octanol–water partition coefficient (Wildman–Crippen LogP) is 1.47. The second-order valence-corrected chi connectivity index (χ2v) is 4.11.